The highest BCUT2D eigenvalue weighted by molar-refractivity contribution is 5.76. The maximum absolute atomic E-state index is 12.5. The van der Waals surface area contributed by atoms with E-state index in [1.807, 2.05) is 47.4 Å². The molecule has 0 bridgehead atoms. The summed E-state index contributed by atoms with van der Waals surface area (Å²) in [6, 6.07) is 15.3. The van der Waals surface area contributed by atoms with Gasteiger partial charge in [-0.2, -0.15) is 0 Å². The van der Waals surface area contributed by atoms with Crippen molar-refractivity contribution in [3.8, 4) is 11.5 Å². The van der Waals surface area contributed by atoms with E-state index in [0.717, 1.165) is 42.8 Å². The van der Waals surface area contributed by atoms with Gasteiger partial charge in [-0.05, 0) is 54.5 Å². The Morgan fingerprint density at radius 1 is 1.24 bits per heavy atom. The number of phenolic OH excluding ortho intramolecular Hbond substituents is 1. The zero-order chi connectivity index (χ0) is 17.6. The molecule has 0 aliphatic carbocycles. The van der Waals surface area contributed by atoms with Crippen molar-refractivity contribution in [1.82, 2.24) is 4.90 Å². The van der Waals surface area contributed by atoms with E-state index in [2.05, 4.69) is 0 Å². The Kier molecular flexibility index (Phi) is 5.59. The number of likely N-dealkylation sites (tertiary alicyclic amines) is 1. The molecule has 1 atom stereocenters. The number of carbonyl (C=O) groups is 1. The van der Waals surface area contributed by atoms with E-state index in [1.165, 1.54) is 0 Å². The third-order valence-corrected chi connectivity index (χ3v) is 4.87. The molecule has 2 aromatic rings. The van der Waals surface area contributed by atoms with Gasteiger partial charge in [-0.25, -0.2) is 0 Å². The number of para-hydroxylation sites is 1. The fraction of sp³-hybridized carbons (Fsp3) is 0.381. The summed E-state index contributed by atoms with van der Waals surface area (Å²) in [6.07, 6.45) is 3.15. The first-order chi connectivity index (χ1) is 12.2. The predicted molar refractivity (Wildman–Crippen MR) is 97.8 cm³/mol. The lowest BCUT2D eigenvalue weighted by Gasteiger charge is -2.17. The minimum atomic E-state index is 0.212. The van der Waals surface area contributed by atoms with Gasteiger partial charge in [-0.3, -0.25) is 4.79 Å². The molecule has 3 rings (SSSR count). The maximum Gasteiger partial charge on any atom is 0.222 e. The SMILES string of the molecule is COc1ccccc1CCC(=O)N1CCC(Cc2cccc(O)c2)C1. The van der Waals surface area contributed by atoms with Gasteiger partial charge < -0.3 is 14.7 Å². The number of aryl methyl sites for hydroxylation is 1. The van der Waals surface area contributed by atoms with Crippen LogP contribution < -0.4 is 4.74 Å². The number of benzene rings is 2. The van der Waals surface area contributed by atoms with Crippen LogP contribution in [0.1, 0.15) is 24.0 Å². The standard InChI is InChI=1S/C21H25NO3/c1-25-20-8-3-2-6-18(20)9-10-21(24)22-12-11-17(15-22)13-16-5-4-7-19(23)14-16/h2-8,14,17,23H,9-13,15H2,1H3. The number of methoxy groups -OCH3 is 1. The molecule has 2 aromatic carbocycles. The Bertz CT molecular complexity index is 729. The van der Waals surface area contributed by atoms with Crippen molar-refractivity contribution in [1.29, 1.82) is 0 Å². The van der Waals surface area contributed by atoms with E-state index in [1.54, 1.807) is 13.2 Å². The number of phenols is 1. The summed E-state index contributed by atoms with van der Waals surface area (Å²) < 4.78 is 5.35. The van der Waals surface area contributed by atoms with Crippen molar-refractivity contribution in [2.24, 2.45) is 5.92 Å². The summed E-state index contributed by atoms with van der Waals surface area (Å²) in [4.78, 5) is 14.5. The van der Waals surface area contributed by atoms with Gasteiger partial charge in [0.05, 0.1) is 7.11 Å². The summed E-state index contributed by atoms with van der Waals surface area (Å²) in [7, 11) is 1.66. The lowest BCUT2D eigenvalue weighted by Crippen LogP contribution is -2.29. The van der Waals surface area contributed by atoms with Gasteiger partial charge >= 0.3 is 0 Å². The molecule has 1 heterocycles. The zero-order valence-corrected chi connectivity index (χ0v) is 14.6. The summed E-state index contributed by atoms with van der Waals surface area (Å²) in [5.41, 5.74) is 2.21. The van der Waals surface area contributed by atoms with E-state index >= 15 is 0 Å². The molecule has 1 N–H and O–H groups in total. The van der Waals surface area contributed by atoms with Crippen molar-refractivity contribution in [2.75, 3.05) is 20.2 Å². The van der Waals surface area contributed by atoms with E-state index < -0.39 is 0 Å². The Morgan fingerprint density at radius 2 is 2.08 bits per heavy atom. The van der Waals surface area contributed by atoms with Gasteiger partial charge in [0.1, 0.15) is 11.5 Å². The normalized spacial score (nSPS) is 16.8. The van der Waals surface area contributed by atoms with Gasteiger partial charge in [0.25, 0.3) is 0 Å². The molecule has 0 saturated carbocycles. The Morgan fingerprint density at radius 3 is 2.88 bits per heavy atom. The third kappa shape index (κ3) is 4.53. The molecule has 0 aromatic heterocycles. The lowest BCUT2D eigenvalue weighted by molar-refractivity contribution is -0.130. The summed E-state index contributed by atoms with van der Waals surface area (Å²) >= 11 is 0. The second-order valence-electron chi connectivity index (χ2n) is 6.68. The average Bonchev–Trinajstić information content (AvgIpc) is 3.08. The van der Waals surface area contributed by atoms with Gasteiger partial charge in [0, 0.05) is 19.5 Å². The smallest absolute Gasteiger partial charge is 0.222 e. The number of rotatable bonds is 6. The first-order valence-electron chi connectivity index (χ1n) is 8.83. The Balaban J connectivity index is 1.50. The molecule has 25 heavy (non-hydrogen) atoms. The minimum absolute atomic E-state index is 0.212. The van der Waals surface area contributed by atoms with Crippen LogP contribution in [-0.4, -0.2) is 36.1 Å². The molecule has 0 radical (unpaired) electrons. The van der Waals surface area contributed by atoms with Crippen LogP contribution in [0, 0.1) is 5.92 Å². The number of ether oxygens (including phenoxy) is 1. The first-order valence-corrected chi connectivity index (χ1v) is 8.83. The van der Waals surface area contributed by atoms with E-state index in [-0.39, 0.29) is 5.91 Å². The molecule has 1 fully saturated rings. The van der Waals surface area contributed by atoms with Crippen LogP contribution in [0.15, 0.2) is 48.5 Å². The number of hydrogen-bond donors (Lipinski definition) is 1. The van der Waals surface area contributed by atoms with Crippen molar-refractivity contribution < 1.29 is 14.6 Å². The molecule has 1 aliphatic heterocycles. The van der Waals surface area contributed by atoms with E-state index in [9.17, 15) is 9.90 Å². The maximum atomic E-state index is 12.5. The molecule has 1 unspecified atom stereocenters. The van der Waals surface area contributed by atoms with E-state index in [0.29, 0.717) is 24.5 Å². The number of aromatic hydroxyl groups is 1. The topological polar surface area (TPSA) is 49.8 Å². The van der Waals surface area contributed by atoms with Gasteiger partial charge in [0.15, 0.2) is 0 Å². The highest BCUT2D eigenvalue weighted by Gasteiger charge is 2.26. The number of amides is 1. The summed E-state index contributed by atoms with van der Waals surface area (Å²) in [5.74, 6) is 1.83. The molecular weight excluding hydrogens is 314 g/mol. The van der Waals surface area contributed by atoms with Crippen LogP contribution in [0.5, 0.6) is 11.5 Å². The van der Waals surface area contributed by atoms with Crippen molar-refractivity contribution in [2.45, 2.75) is 25.7 Å². The highest BCUT2D eigenvalue weighted by atomic mass is 16.5. The monoisotopic (exact) mass is 339 g/mol. The van der Waals surface area contributed by atoms with Crippen LogP contribution in [0.3, 0.4) is 0 Å². The lowest BCUT2D eigenvalue weighted by atomic mass is 9.98. The van der Waals surface area contributed by atoms with Crippen LogP contribution in [0.2, 0.25) is 0 Å². The fourth-order valence-electron chi connectivity index (χ4n) is 3.55. The van der Waals surface area contributed by atoms with Gasteiger partial charge in [0.2, 0.25) is 5.91 Å². The van der Waals surface area contributed by atoms with Crippen LogP contribution in [0.25, 0.3) is 0 Å². The Hall–Kier alpha value is -2.49. The van der Waals surface area contributed by atoms with Crippen molar-refractivity contribution in [3.05, 3.63) is 59.7 Å². The molecule has 4 heteroatoms. The number of nitrogens with zero attached hydrogens (tertiary/aromatic N) is 1. The minimum Gasteiger partial charge on any atom is -0.508 e. The molecule has 1 amide bonds. The third-order valence-electron chi connectivity index (χ3n) is 4.87. The quantitative estimate of drug-likeness (QED) is 0.877. The molecule has 4 nitrogen and oxygen atoms in total. The highest BCUT2D eigenvalue weighted by Crippen LogP contribution is 2.24. The first kappa shape index (κ1) is 17.3. The van der Waals surface area contributed by atoms with Crippen LogP contribution in [-0.2, 0) is 17.6 Å². The van der Waals surface area contributed by atoms with Gasteiger partial charge in [-0.15, -0.1) is 0 Å². The second kappa shape index (κ2) is 8.06. The molecular formula is C21H25NO3. The molecule has 132 valence electrons. The zero-order valence-electron chi connectivity index (χ0n) is 14.6. The van der Waals surface area contributed by atoms with Gasteiger partial charge in [-0.1, -0.05) is 30.3 Å². The predicted octanol–water partition coefficient (Wildman–Crippen LogP) is 3.42. The fourth-order valence-corrected chi connectivity index (χ4v) is 3.55. The van der Waals surface area contributed by atoms with Crippen LogP contribution in [0.4, 0.5) is 0 Å². The number of carbonyl (C=O) groups excluding carboxylic acids is 1. The number of hydrogen-bond acceptors (Lipinski definition) is 3. The van der Waals surface area contributed by atoms with Crippen molar-refractivity contribution in [3.63, 3.8) is 0 Å². The summed E-state index contributed by atoms with van der Waals surface area (Å²) in [5, 5.41) is 9.57. The van der Waals surface area contributed by atoms with E-state index in [4.69, 9.17) is 4.74 Å². The molecule has 1 saturated heterocycles. The Labute approximate surface area is 149 Å². The summed E-state index contributed by atoms with van der Waals surface area (Å²) in [6.45, 7) is 1.63. The largest absolute Gasteiger partial charge is 0.508 e. The molecule has 1 aliphatic rings. The second-order valence-corrected chi connectivity index (χ2v) is 6.68. The average molecular weight is 339 g/mol. The van der Waals surface area contributed by atoms with Crippen molar-refractivity contribution >= 4 is 5.91 Å². The molecule has 0 spiro atoms. The van der Waals surface area contributed by atoms with Crippen LogP contribution >= 0.6 is 0 Å².